The molecule has 0 aromatic heterocycles. The van der Waals surface area contributed by atoms with Gasteiger partial charge in [-0.2, -0.15) is 4.99 Å². The van der Waals surface area contributed by atoms with Crippen molar-refractivity contribution in [3.63, 3.8) is 0 Å². The molecule has 0 unspecified atom stereocenters. The van der Waals surface area contributed by atoms with Gasteiger partial charge in [-0.05, 0) is 49.3 Å². The highest BCUT2D eigenvalue weighted by Gasteiger charge is 2.25. The van der Waals surface area contributed by atoms with Crippen molar-refractivity contribution in [2.45, 2.75) is 39.2 Å². The molecule has 1 heterocycles. The van der Waals surface area contributed by atoms with Crippen molar-refractivity contribution in [2.75, 3.05) is 31.1 Å². The molecular formula is C17H25N3S. The van der Waals surface area contributed by atoms with Crippen molar-refractivity contribution >= 4 is 28.8 Å². The van der Waals surface area contributed by atoms with E-state index in [1.165, 1.54) is 44.5 Å². The van der Waals surface area contributed by atoms with Gasteiger partial charge in [0.25, 0.3) is 0 Å². The van der Waals surface area contributed by atoms with Gasteiger partial charge in [-0.1, -0.05) is 20.3 Å². The Morgan fingerprint density at radius 1 is 1.00 bits per heavy atom. The molecule has 3 rings (SSSR count). The zero-order chi connectivity index (χ0) is 13.8. The molecule has 21 heavy (non-hydrogen) atoms. The second-order valence-corrected chi connectivity index (χ2v) is 5.86. The van der Waals surface area contributed by atoms with Crippen LogP contribution in [0, 0.1) is 0 Å². The Bertz CT molecular complexity index is 479. The van der Waals surface area contributed by atoms with Gasteiger partial charge >= 0.3 is 0 Å². The molecule has 4 heteroatoms. The van der Waals surface area contributed by atoms with E-state index < -0.39 is 0 Å². The van der Waals surface area contributed by atoms with Crippen LogP contribution >= 0.6 is 12.2 Å². The number of thiocarbonyl (C=S) groups is 1. The first-order valence-electron chi connectivity index (χ1n) is 7.54. The lowest BCUT2D eigenvalue weighted by atomic mass is 10.1. The third kappa shape index (κ3) is 3.91. The van der Waals surface area contributed by atoms with Gasteiger partial charge in [-0.25, -0.2) is 0 Å². The average molecular weight is 303 g/mol. The molecule has 1 aromatic carbocycles. The van der Waals surface area contributed by atoms with Crippen LogP contribution in [0.3, 0.4) is 0 Å². The van der Waals surface area contributed by atoms with Crippen LogP contribution in [-0.2, 0) is 0 Å². The molecule has 2 fully saturated rings. The fraction of sp³-hybridized carbons (Fsp3) is 0.588. The number of anilines is 1. The van der Waals surface area contributed by atoms with Gasteiger partial charge in [0.05, 0.1) is 10.8 Å². The first-order chi connectivity index (χ1) is 9.86. The number of rotatable bonds is 3. The smallest absolute Gasteiger partial charge is 0.0741 e. The van der Waals surface area contributed by atoms with Gasteiger partial charge in [0.15, 0.2) is 0 Å². The maximum absolute atomic E-state index is 4.62. The molecule has 2 aliphatic rings. The van der Waals surface area contributed by atoms with E-state index in [1.807, 2.05) is 12.1 Å². The summed E-state index contributed by atoms with van der Waals surface area (Å²) in [5.74, 6) is 0. The van der Waals surface area contributed by atoms with E-state index in [2.05, 4.69) is 44.3 Å². The molecule has 114 valence electrons. The highest BCUT2D eigenvalue weighted by Crippen LogP contribution is 2.26. The Hall–Kier alpha value is -1.22. The van der Waals surface area contributed by atoms with Gasteiger partial charge in [0, 0.05) is 37.9 Å². The highest BCUT2D eigenvalue weighted by molar-refractivity contribution is 7.78. The zero-order valence-corrected chi connectivity index (χ0v) is 12.6. The maximum atomic E-state index is 4.62. The molecule has 1 aliphatic carbocycles. The van der Waals surface area contributed by atoms with Crippen LogP contribution in [0.5, 0.6) is 0 Å². The standard InChI is InChI=1S/C16H21N3S.CH4/c20-13-17-14-5-7-16(8-6-14)19-11-9-18(10-12-19)15-3-1-2-4-15;/h5-8,15H,1-4,9-12H2;1H4. The van der Waals surface area contributed by atoms with Gasteiger partial charge in [0.2, 0.25) is 0 Å². The summed E-state index contributed by atoms with van der Waals surface area (Å²) in [7, 11) is 0. The summed E-state index contributed by atoms with van der Waals surface area (Å²) in [6.07, 6.45) is 5.66. The molecule has 1 aromatic rings. The van der Waals surface area contributed by atoms with Gasteiger partial charge < -0.3 is 4.90 Å². The minimum Gasteiger partial charge on any atom is -0.369 e. The summed E-state index contributed by atoms with van der Waals surface area (Å²) in [6.45, 7) is 4.66. The van der Waals surface area contributed by atoms with Gasteiger partial charge in [0.1, 0.15) is 0 Å². The summed E-state index contributed by atoms with van der Waals surface area (Å²) in [5.41, 5.74) is 2.17. The van der Waals surface area contributed by atoms with Gasteiger partial charge in [-0.15, -0.1) is 0 Å². The van der Waals surface area contributed by atoms with Crippen LogP contribution in [0.25, 0.3) is 0 Å². The Morgan fingerprint density at radius 2 is 1.62 bits per heavy atom. The van der Waals surface area contributed by atoms with Crippen LogP contribution in [0.2, 0.25) is 0 Å². The lowest BCUT2D eigenvalue weighted by Gasteiger charge is -2.39. The summed E-state index contributed by atoms with van der Waals surface area (Å²) in [5, 5.41) is 2.41. The second kappa shape index (κ2) is 7.69. The zero-order valence-electron chi connectivity index (χ0n) is 11.8. The van der Waals surface area contributed by atoms with Crippen molar-refractivity contribution in [2.24, 2.45) is 4.99 Å². The normalized spacial score (nSPS) is 19.9. The minimum atomic E-state index is 0. The number of piperazine rings is 1. The number of hydrogen-bond acceptors (Lipinski definition) is 4. The van der Waals surface area contributed by atoms with Crippen molar-refractivity contribution in [3.8, 4) is 0 Å². The van der Waals surface area contributed by atoms with Crippen molar-refractivity contribution in [1.29, 1.82) is 0 Å². The predicted molar refractivity (Wildman–Crippen MR) is 93.9 cm³/mol. The van der Waals surface area contributed by atoms with Gasteiger partial charge in [-0.3, -0.25) is 4.90 Å². The Balaban J connectivity index is 0.00000161. The summed E-state index contributed by atoms with van der Waals surface area (Å²) in [4.78, 5) is 9.15. The molecule has 0 bridgehead atoms. The van der Waals surface area contributed by atoms with Crippen LogP contribution in [0.4, 0.5) is 11.4 Å². The second-order valence-electron chi connectivity index (χ2n) is 5.68. The fourth-order valence-corrected chi connectivity index (χ4v) is 3.51. The topological polar surface area (TPSA) is 18.8 Å². The molecule has 0 spiro atoms. The number of benzene rings is 1. The lowest BCUT2D eigenvalue weighted by molar-refractivity contribution is 0.187. The highest BCUT2D eigenvalue weighted by atomic mass is 32.1. The van der Waals surface area contributed by atoms with Crippen molar-refractivity contribution < 1.29 is 0 Å². The van der Waals surface area contributed by atoms with E-state index in [9.17, 15) is 0 Å². The maximum Gasteiger partial charge on any atom is 0.0741 e. The average Bonchev–Trinajstić information content (AvgIpc) is 3.03. The third-order valence-electron chi connectivity index (χ3n) is 4.54. The van der Waals surface area contributed by atoms with Crippen LogP contribution in [0.15, 0.2) is 29.3 Å². The number of hydrogen-bond donors (Lipinski definition) is 0. The van der Waals surface area contributed by atoms with E-state index in [0.29, 0.717) is 0 Å². The number of isothiocyanates is 1. The fourth-order valence-electron chi connectivity index (χ4n) is 3.41. The molecule has 0 atom stereocenters. The summed E-state index contributed by atoms with van der Waals surface area (Å²) in [6, 6.07) is 9.15. The SMILES string of the molecule is C.S=C=Nc1ccc(N2CCN(C3CCCC3)CC2)cc1. The van der Waals surface area contributed by atoms with E-state index in [0.717, 1.165) is 24.8 Å². The number of aliphatic imine (C=N–C) groups is 1. The minimum absolute atomic E-state index is 0. The monoisotopic (exact) mass is 303 g/mol. The molecule has 0 N–H and O–H groups in total. The Labute approximate surface area is 133 Å². The van der Waals surface area contributed by atoms with E-state index in [1.54, 1.807) is 0 Å². The molecule has 1 saturated carbocycles. The van der Waals surface area contributed by atoms with Crippen LogP contribution in [-0.4, -0.2) is 42.3 Å². The van der Waals surface area contributed by atoms with Crippen molar-refractivity contribution in [1.82, 2.24) is 4.90 Å². The summed E-state index contributed by atoms with van der Waals surface area (Å²) >= 11 is 4.62. The predicted octanol–water partition coefficient (Wildman–Crippen LogP) is 4.12. The third-order valence-corrected chi connectivity index (χ3v) is 4.64. The molecule has 0 amide bonds. The van der Waals surface area contributed by atoms with E-state index >= 15 is 0 Å². The first kappa shape index (κ1) is 16.2. The first-order valence-corrected chi connectivity index (χ1v) is 7.94. The van der Waals surface area contributed by atoms with Crippen LogP contribution in [0.1, 0.15) is 33.1 Å². The van der Waals surface area contributed by atoms with Crippen molar-refractivity contribution in [3.05, 3.63) is 24.3 Å². The Kier molecular flexibility index (Phi) is 5.92. The number of nitrogens with zero attached hydrogens (tertiary/aromatic N) is 3. The molecule has 1 aliphatic heterocycles. The quantitative estimate of drug-likeness (QED) is 0.618. The molecular weight excluding hydrogens is 278 g/mol. The molecule has 3 nitrogen and oxygen atoms in total. The molecule has 1 saturated heterocycles. The summed E-state index contributed by atoms with van der Waals surface area (Å²) < 4.78 is 0. The van der Waals surface area contributed by atoms with E-state index in [-0.39, 0.29) is 7.43 Å². The Morgan fingerprint density at radius 3 is 2.19 bits per heavy atom. The lowest BCUT2D eigenvalue weighted by Crippen LogP contribution is -2.49. The van der Waals surface area contributed by atoms with E-state index in [4.69, 9.17) is 0 Å². The van der Waals surface area contributed by atoms with Crippen LogP contribution < -0.4 is 4.90 Å². The molecule has 0 radical (unpaired) electrons. The largest absolute Gasteiger partial charge is 0.369 e.